The molecule has 0 unspecified atom stereocenters. The second-order valence-electron chi connectivity index (χ2n) is 7.74. The average molecular weight is 359 g/mol. The van der Waals surface area contributed by atoms with Crippen molar-refractivity contribution in [3.05, 3.63) is 12.3 Å². The molecule has 3 saturated heterocycles. The number of piperidine rings is 1. The third kappa shape index (κ3) is 3.63. The van der Waals surface area contributed by atoms with Gasteiger partial charge in [-0.15, -0.1) is 0 Å². The number of methoxy groups -OCH3 is 1. The summed E-state index contributed by atoms with van der Waals surface area (Å²) in [6.45, 7) is 5.78. The number of carbonyl (C=O) groups excluding carboxylic acids is 1. The number of amides is 1. The molecule has 1 N–H and O–H groups in total. The van der Waals surface area contributed by atoms with Crippen molar-refractivity contribution in [3.8, 4) is 5.88 Å². The van der Waals surface area contributed by atoms with Crippen LogP contribution in [0.5, 0.6) is 5.88 Å². The van der Waals surface area contributed by atoms with Crippen LogP contribution in [0, 0.1) is 17.8 Å². The summed E-state index contributed by atoms with van der Waals surface area (Å²) in [5.41, 5.74) is 0. The van der Waals surface area contributed by atoms with Crippen LogP contribution in [0.25, 0.3) is 0 Å². The van der Waals surface area contributed by atoms with Gasteiger partial charge in [0, 0.05) is 44.4 Å². The van der Waals surface area contributed by atoms with E-state index in [1.807, 2.05) is 0 Å². The maximum Gasteiger partial charge on any atom is 0.228 e. The van der Waals surface area contributed by atoms with Gasteiger partial charge in [-0.05, 0) is 50.6 Å². The number of aromatic nitrogens is 2. The van der Waals surface area contributed by atoms with Crippen LogP contribution in [0.4, 0.5) is 5.95 Å². The summed E-state index contributed by atoms with van der Waals surface area (Å²) in [6.07, 6.45) is 5.79. The molecular weight excluding hydrogens is 330 g/mol. The summed E-state index contributed by atoms with van der Waals surface area (Å²) in [5, 5.41) is 3.50. The summed E-state index contributed by atoms with van der Waals surface area (Å²) in [5.74, 6) is 3.32. The lowest BCUT2D eigenvalue weighted by Crippen LogP contribution is -2.43. The Bertz CT molecular complexity index is 618. The van der Waals surface area contributed by atoms with Crippen LogP contribution < -0.4 is 15.0 Å². The molecule has 7 heteroatoms. The van der Waals surface area contributed by atoms with Crippen molar-refractivity contribution in [2.75, 3.05) is 51.3 Å². The smallest absolute Gasteiger partial charge is 0.228 e. The minimum absolute atomic E-state index is 0.146. The first-order chi connectivity index (χ1) is 12.7. The van der Waals surface area contributed by atoms with E-state index in [2.05, 4.69) is 25.1 Å². The molecule has 1 aromatic heterocycles. The van der Waals surface area contributed by atoms with Crippen molar-refractivity contribution in [1.29, 1.82) is 0 Å². The van der Waals surface area contributed by atoms with E-state index < -0.39 is 0 Å². The Morgan fingerprint density at radius 3 is 2.46 bits per heavy atom. The van der Waals surface area contributed by atoms with Crippen molar-refractivity contribution in [2.24, 2.45) is 17.8 Å². The predicted octanol–water partition coefficient (Wildman–Crippen LogP) is 1.16. The molecule has 3 fully saturated rings. The number of rotatable bonds is 3. The van der Waals surface area contributed by atoms with E-state index in [-0.39, 0.29) is 5.92 Å². The zero-order valence-electron chi connectivity index (χ0n) is 15.6. The average Bonchev–Trinajstić information content (AvgIpc) is 3.06. The molecule has 3 aliphatic rings. The molecule has 0 bridgehead atoms. The third-order valence-electron chi connectivity index (χ3n) is 6.28. The van der Waals surface area contributed by atoms with Crippen LogP contribution in [0.1, 0.15) is 25.7 Å². The quantitative estimate of drug-likeness (QED) is 0.873. The second kappa shape index (κ2) is 7.78. The summed E-state index contributed by atoms with van der Waals surface area (Å²) in [7, 11) is 1.61. The third-order valence-corrected chi connectivity index (χ3v) is 6.28. The lowest BCUT2D eigenvalue weighted by molar-refractivity contribution is -0.136. The number of likely N-dealkylation sites (tertiary alicyclic amines) is 1. The van der Waals surface area contributed by atoms with Gasteiger partial charge in [-0.1, -0.05) is 0 Å². The molecule has 7 nitrogen and oxygen atoms in total. The van der Waals surface area contributed by atoms with Gasteiger partial charge in [-0.3, -0.25) is 4.79 Å². The number of hydrogen-bond donors (Lipinski definition) is 1. The fourth-order valence-corrected chi connectivity index (χ4v) is 4.62. The number of carbonyl (C=O) groups is 1. The Hall–Kier alpha value is -1.89. The van der Waals surface area contributed by atoms with Gasteiger partial charge in [-0.2, -0.15) is 4.98 Å². The largest absolute Gasteiger partial charge is 0.481 e. The monoisotopic (exact) mass is 359 g/mol. The number of nitrogens with one attached hydrogen (secondary N) is 1. The van der Waals surface area contributed by atoms with Crippen LogP contribution in [0.2, 0.25) is 0 Å². The lowest BCUT2D eigenvalue weighted by atomic mass is 9.92. The number of ether oxygens (including phenoxy) is 1. The minimum atomic E-state index is 0.146. The lowest BCUT2D eigenvalue weighted by Gasteiger charge is -2.34. The van der Waals surface area contributed by atoms with Crippen molar-refractivity contribution in [1.82, 2.24) is 20.2 Å². The molecule has 0 saturated carbocycles. The van der Waals surface area contributed by atoms with E-state index in [1.165, 1.54) is 0 Å². The maximum absolute atomic E-state index is 13.0. The molecule has 142 valence electrons. The van der Waals surface area contributed by atoms with E-state index in [9.17, 15) is 4.79 Å². The van der Waals surface area contributed by atoms with Crippen LogP contribution in [-0.4, -0.2) is 67.2 Å². The Labute approximate surface area is 155 Å². The first kappa shape index (κ1) is 17.5. The highest BCUT2D eigenvalue weighted by Gasteiger charge is 2.34. The maximum atomic E-state index is 13.0. The summed E-state index contributed by atoms with van der Waals surface area (Å²) in [6, 6.07) is 1.75. The summed E-state index contributed by atoms with van der Waals surface area (Å²) < 4.78 is 5.18. The van der Waals surface area contributed by atoms with Crippen LogP contribution >= 0.6 is 0 Å². The van der Waals surface area contributed by atoms with E-state index in [1.54, 1.807) is 19.4 Å². The zero-order valence-corrected chi connectivity index (χ0v) is 15.6. The van der Waals surface area contributed by atoms with E-state index in [0.717, 1.165) is 76.8 Å². The topological polar surface area (TPSA) is 70.6 Å². The van der Waals surface area contributed by atoms with Gasteiger partial charge in [-0.25, -0.2) is 4.98 Å². The highest BCUT2D eigenvalue weighted by Crippen LogP contribution is 2.29. The SMILES string of the molecule is COc1ccnc(N2CCC(C(=O)N3CC[C@@H]4CNC[C@@H]4CC3)CC2)n1. The molecule has 1 amide bonds. The minimum Gasteiger partial charge on any atom is -0.481 e. The first-order valence-corrected chi connectivity index (χ1v) is 9.86. The van der Waals surface area contributed by atoms with Crippen molar-refractivity contribution >= 4 is 11.9 Å². The molecule has 1 aromatic rings. The number of hydrogen-bond acceptors (Lipinski definition) is 6. The molecular formula is C19H29N5O2. The van der Waals surface area contributed by atoms with Crippen LogP contribution in [0.3, 0.4) is 0 Å². The normalized spacial score (nSPS) is 27.1. The molecule has 4 rings (SSSR count). The Morgan fingerprint density at radius 1 is 1.12 bits per heavy atom. The highest BCUT2D eigenvalue weighted by atomic mass is 16.5. The number of fused-ring (bicyclic) bond motifs is 1. The van der Waals surface area contributed by atoms with Crippen molar-refractivity contribution < 1.29 is 9.53 Å². The molecule has 4 heterocycles. The number of nitrogens with zero attached hydrogens (tertiary/aromatic N) is 4. The van der Waals surface area contributed by atoms with Gasteiger partial charge in [0.25, 0.3) is 0 Å². The Balaban J connectivity index is 1.32. The predicted molar refractivity (Wildman–Crippen MR) is 99.2 cm³/mol. The molecule has 0 aromatic carbocycles. The van der Waals surface area contributed by atoms with Gasteiger partial charge < -0.3 is 19.9 Å². The fourth-order valence-electron chi connectivity index (χ4n) is 4.62. The van der Waals surface area contributed by atoms with Gasteiger partial charge in [0.2, 0.25) is 17.7 Å². The van der Waals surface area contributed by atoms with Gasteiger partial charge in [0.1, 0.15) is 0 Å². The van der Waals surface area contributed by atoms with Crippen LogP contribution in [0.15, 0.2) is 12.3 Å². The molecule has 2 atom stereocenters. The fraction of sp³-hybridized carbons (Fsp3) is 0.737. The molecule has 0 spiro atoms. The molecule has 3 aliphatic heterocycles. The summed E-state index contributed by atoms with van der Waals surface area (Å²) in [4.78, 5) is 26.1. The van der Waals surface area contributed by atoms with Crippen LogP contribution in [-0.2, 0) is 4.79 Å². The Morgan fingerprint density at radius 2 is 1.81 bits per heavy atom. The van der Waals surface area contributed by atoms with E-state index in [0.29, 0.717) is 17.7 Å². The second-order valence-corrected chi connectivity index (χ2v) is 7.74. The molecule has 0 aliphatic carbocycles. The van der Waals surface area contributed by atoms with Gasteiger partial charge in [0.05, 0.1) is 7.11 Å². The molecule has 26 heavy (non-hydrogen) atoms. The first-order valence-electron chi connectivity index (χ1n) is 9.86. The zero-order chi connectivity index (χ0) is 17.9. The summed E-state index contributed by atoms with van der Waals surface area (Å²) >= 11 is 0. The standard InChI is InChI=1S/C19H29N5O2/c1-26-17-2-7-21-19(22-17)24-10-3-14(4-11-24)18(25)23-8-5-15-12-20-13-16(15)6-9-23/h2,7,14-16,20H,3-6,8-13H2,1H3/t15-,16+. The van der Waals surface area contributed by atoms with Gasteiger partial charge >= 0.3 is 0 Å². The van der Waals surface area contributed by atoms with Crippen molar-refractivity contribution in [3.63, 3.8) is 0 Å². The van der Waals surface area contributed by atoms with Crippen molar-refractivity contribution in [2.45, 2.75) is 25.7 Å². The van der Waals surface area contributed by atoms with E-state index >= 15 is 0 Å². The Kier molecular flexibility index (Phi) is 5.24. The highest BCUT2D eigenvalue weighted by molar-refractivity contribution is 5.79. The number of anilines is 1. The van der Waals surface area contributed by atoms with E-state index in [4.69, 9.17) is 4.74 Å². The van der Waals surface area contributed by atoms with Gasteiger partial charge in [0.15, 0.2) is 0 Å². The molecule has 0 radical (unpaired) electrons.